The van der Waals surface area contributed by atoms with Crippen LogP contribution in [0.4, 0.5) is 0 Å². The van der Waals surface area contributed by atoms with E-state index in [9.17, 15) is 4.79 Å². The third-order valence-electron chi connectivity index (χ3n) is 4.12. The summed E-state index contributed by atoms with van der Waals surface area (Å²) in [6, 6.07) is -0.0628. The van der Waals surface area contributed by atoms with E-state index in [0.717, 1.165) is 18.9 Å². The lowest BCUT2D eigenvalue weighted by molar-refractivity contribution is -0.122. The highest BCUT2D eigenvalue weighted by Crippen LogP contribution is 2.25. The van der Waals surface area contributed by atoms with Gasteiger partial charge < -0.3 is 11.1 Å². The van der Waals surface area contributed by atoms with Gasteiger partial charge >= 0.3 is 0 Å². The lowest BCUT2D eigenvalue weighted by Gasteiger charge is -2.26. The second-order valence-corrected chi connectivity index (χ2v) is 6.82. The van der Waals surface area contributed by atoms with E-state index >= 15 is 0 Å². The van der Waals surface area contributed by atoms with Crippen molar-refractivity contribution in [1.29, 1.82) is 0 Å². The van der Waals surface area contributed by atoms with Crippen molar-refractivity contribution in [3.8, 4) is 0 Å². The standard InChI is InChI=1S/C15H30N2O/c1-15(2,3)13(16)11-14(18)17-10-9-12-7-5-4-6-8-12/h12-13H,4-11,16H2,1-3H3,(H,17,18). The van der Waals surface area contributed by atoms with Crippen LogP contribution in [0, 0.1) is 11.3 Å². The van der Waals surface area contributed by atoms with Gasteiger partial charge in [0.2, 0.25) is 5.91 Å². The van der Waals surface area contributed by atoms with Gasteiger partial charge in [-0.2, -0.15) is 0 Å². The van der Waals surface area contributed by atoms with Gasteiger partial charge in [0.25, 0.3) is 0 Å². The Kier molecular flexibility index (Phi) is 6.13. The first-order chi connectivity index (χ1) is 8.39. The Morgan fingerprint density at radius 2 is 1.89 bits per heavy atom. The Hall–Kier alpha value is -0.570. The number of amides is 1. The molecule has 0 aromatic heterocycles. The molecule has 1 rings (SSSR count). The fourth-order valence-electron chi connectivity index (χ4n) is 2.47. The third-order valence-corrected chi connectivity index (χ3v) is 4.12. The third kappa shape index (κ3) is 5.85. The van der Waals surface area contributed by atoms with Gasteiger partial charge in [0, 0.05) is 19.0 Å². The van der Waals surface area contributed by atoms with E-state index in [2.05, 4.69) is 26.1 Å². The maximum absolute atomic E-state index is 11.8. The van der Waals surface area contributed by atoms with Crippen molar-refractivity contribution in [2.45, 2.75) is 71.8 Å². The second kappa shape index (κ2) is 7.13. The molecule has 0 heterocycles. The average Bonchev–Trinajstić information content (AvgIpc) is 2.29. The molecular weight excluding hydrogens is 224 g/mol. The summed E-state index contributed by atoms with van der Waals surface area (Å²) in [4.78, 5) is 11.8. The molecule has 0 aromatic carbocycles. The molecule has 0 spiro atoms. The Morgan fingerprint density at radius 3 is 2.44 bits per heavy atom. The molecule has 3 nitrogen and oxygen atoms in total. The van der Waals surface area contributed by atoms with Crippen molar-refractivity contribution in [2.24, 2.45) is 17.1 Å². The fraction of sp³-hybridized carbons (Fsp3) is 0.933. The molecule has 1 aliphatic rings. The fourth-order valence-corrected chi connectivity index (χ4v) is 2.47. The second-order valence-electron chi connectivity index (χ2n) is 6.82. The quantitative estimate of drug-likeness (QED) is 0.792. The maximum Gasteiger partial charge on any atom is 0.221 e. The normalized spacial score (nSPS) is 19.6. The van der Waals surface area contributed by atoms with Crippen LogP contribution in [0.3, 0.4) is 0 Å². The summed E-state index contributed by atoms with van der Waals surface area (Å²) in [5, 5.41) is 3.01. The Bertz CT molecular complexity index is 252. The van der Waals surface area contributed by atoms with Gasteiger partial charge in [-0.15, -0.1) is 0 Å². The SMILES string of the molecule is CC(C)(C)C(N)CC(=O)NCCC1CCCCC1. The number of hydrogen-bond acceptors (Lipinski definition) is 2. The van der Waals surface area contributed by atoms with Gasteiger partial charge in [0.05, 0.1) is 0 Å². The van der Waals surface area contributed by atoms with Crippen LogP contribution in [0.15, 0.2) is 0 Å². The first kappa shape index (κ1) is 15.5. The van der Waals surface area contributed by atoms with E-state index in [-0.39, 0.29) is 17.4 Å². The predicted octanol–water partition coefficient (Wildman–Crippen LogP) is 2.84. The van der Waals surface area contributed by atoms with Crippen LogP contribution in [0.2, 0.25) is 0 Å². The molecule has 1 unspecified atom stereocenters. The lowest BCUT2D eigenvalue weighted by atomic mass is 9.85. The van der Waals surface area contributed by atoms with Crippen LogP contribution < -0.4 is 11.1 Å². The van der Waals surface area contributed by atoms with E-state index in [1.54, 1.807) is 0 Å². The first-order valence-electron chi connectivity index (χ1n) is 7.42. The summed E-state index contributed by atoms with van der Waals surface area (Å²) < 4.78 is 0. The number of rotatable bonds is 5. The van der Waals surface area contributed by atoms with Crippen molar-refractivity contribution in [1.82, 2.24) is 5.32 Å². The van der Waals surface area contributed by atoms with Gasteiger partial charge in [-0.05, 0) is 17.8 Å². The molecule has 3 N–H and O–H groups in total. The maximum atomic E-state index is 11.8. The first-order valence-corrected chi connectivity index (χ1v) is 7.42. The molecule has 1 atom stereocenters. The molecule has 18 heavy (non-hydrogen) atoms. The Morgan fingerprint density at radius 1 is 1.28 bits per heavy atom. The van der Waals surface area contributed by atoms with Gasteiger partial charge in [0.1, 0.15) is 0 Å². The van der Waals surface area contributed by atoms with Gasteiger partial charge in [-0.25, -0.2) is 0 Å². The van der Waals surface area contributed by atoms with Crippen LogP contribution in [0.25, 0.3) is 0 Å². The average molecular weight is 254 g/mol. The number of nitrogens with one attached hydrogen (secondary N) is 1. The Labute approximate surface area is 112 Å². The van der Waals surface area contributed by atoms with Crippen molar-refractivity contribution in [2.75, 3.05) is 6.54 Å². The highest BCUT2D eigenvalue weighted by atomic mass is 16.1. The van der Waals surface area contributed by atoms with E-state index in [1.807, 2.05) is 0 Å². The molecule has 1 saturated carbocycles. The molecule has 1 aliphatic carbocycles. The van der Waals surface area contributed by atoms with Crippen molar-refractivity contribution < 1.29 is 4.79 Å². The zero-order valence-corrected chi connectivity index (χ0v) is 12.3. The minimum absolute atomic E-state index is 0.000704. The molecule has 0 saturated heterocycles. The smallest absolute Gasteiger partial charge is 0.221 e. The van der Waals surface area contributed by atoms with Gasteiger partial charge in [-0.3, -0.25) is 4.79 Å². The summed E-state index contributed by atoms with van der Waals surface area (Å²) in [5.41, 5.74) is 6.01. The van der Waals surface area contributed by atoms with Gasteiger partial charge in [0.15, 0.2) is 0 Å². The van der Waals surface area contributed by atoms with Crippen molar-refractivity contribution >= 4 is 5.91 Å². The van der Waals surface area contributed by atoms with Crippen LogP contribution >= 0.6 is 0 Å². The molecule has 0 bridgehead atoms. The number of hydrogen-bond donors (Lipinski definition) is 2. The zero-order chi connectivity index (χ0) is 13.6. The Balaban J connectivity index is 2.13. The molecule has 0 aliphatic heterocycles. The summed E-state index contributed by atoms with van der Waals surface area (Å²) in [5.74, 6) is 0.934. The predicted molar refractivity (Wildman–Crippen MR) is 76.2 cm³/mol. The molecule has 0 radical (unpaired) electrons. The summed E-state index contributed by atoms with van der Waals surface area (Å²) >= 11 is 0. The molecular formula is C15H30N2O. The summed E-state index contributed by atoms with van der Waals surface area (Å²) in [6.07, 6.45) is 8.39. The largest absolute Gasteiger partial charge is 0.356 e. The highest BCUT2D eigenvalue weighted by molar-refractivity contribution is 5.76. The van der Waals surface area contributed by atoms with Crippen molar-refractivity contribution in [3.05, 3.63) is 0 Å². The van der Waals surface area contributed by atoms with Crippen LogP contribution in [-0.4, -0.2) is 18.5 Å². The van der Waals surface area contributed by atoms with Crippen LogP contribution in [0.1, 0.15) is 65.7 Å². The van der Waals surface area contributed by atoms with E-state index in [4.69, 9.17) is 5.73 Å². The zero-order valence-electron chi connectivity index (χ0n) is 12.3. The van der Waals surface area contributed by atoms with E-state index < -0.39 is 0 Å². The number of nitrogens with two attached hydrogens (primary N) is 1. The molecule has 3 heteroatoms. The van der Waals surface area contributed by atoms with Crippen LogP contribution in [0.5, 0.6) is 0 Å². The van der Waals surface area contributed by atoms with E-state index in [1.165, 1.54) is 32.1 Å². The summed E-state index contributed by atoms with van der Waals surface area (Å²) in [6.45, 7) is 7.05. The number of carbonyl (C=O) groups excluding carboxylic acids is 1. The minimum Gasteiger partial charge on any atom is -0.356 e. The van der Waals surface area contributed by atoms with Gasteiger partial charge in [-0.1, -0.05) is 52.9 Å². The topological polar surface area (TPSA) is 55.1 Å². The number of carbonyl (C=O) groups is 1. The highest BCUT2D eigenvalue weighted by Gasteiger charge is 2.23. The molecule has 1 fully saturated rings. The summed E-state index contributed by atoms with van der Waals surface area (Å²) in [7, 11) is 0. The van der Waals surface area contributed by atoms with Crippen molar-refractivity contribution in [3.63, 3.8) is 0 Å². The van der Waals surface area contributed by atoms with Crippen LogP contribution in [-0.2, 0) is 4.79 Å². The molecule has 1 amide bonds. The molecule has 0 aromatic rings. The minimum atomic E-state index is -0.0628. The monoisotopic (exact) mass is 254 g/mol. The molecule has 106 valence electrons. The van der Waals surface area contributed by atoms with E-state index in [0.29, 0.717) is 6.42 Å². The lowest BCUT2D eigenvalue weighted by Crippen LogP contribution is -2.40.